The molecule has 0 aliphatic carbocycles. The van der Waals surface area contributed by atoms with E-state index >= 15 is 0 Å². The van der Waals surface area contributed by atoms with Crippen LogP contribution >= 0.6 is 0 Å². The molecular weight excluding hydrogens is 178 g/mol. The van der Waals surface area contributed by atoms with Crippen LogP contribution in [0.1, 0.15) is 6.92 Å². The maximum absolute atomic E-state index is 11.7. The zero-order chi connectivity index (χ0) is 10.6. The van der Waals surface area contributed by atoms with E-state index in [1.165, 1.54) is 4.90 Å². The molecule has 0 saturated carbocycles. The summed E-state index contributed by atoms with van der Waals surface area (Å²) in [5.41, 5.74) is 5.42. The molecule has 0 spiro atoms. The van der Waals surface area contributed by atoms with E-state index in [-0.39, 0.29) is 11.8 Å². The molecule has 0 aliphatic heterocycles. The van der Waals surface area contributed by atoms with Crippen molar-refractivity contribution in [3.8, 4) is 0 Å². The fraction of sp³-hybridized carbons (Fsp3) is 0.400. The van der Waals surface area contributed by atoms with Crippen LogP contribution in [0.5, 0.6) is 0 Å². The molecule has 0 fully saturated rings. The molecule has 1 unspecified atom stereocenters. The van der Waals surface area contributed by atoms with Gasteiger partial charge in [0.25, 0.3) is 0 Å². The second kappa shape index (κ2) is 4.72. The maximum Gasteiger partial charge on any atom is 0.231 e. The van der Waals surface area contributed by atoms with E-state index in [1.807, 2.05) is 19.1 Å². The Bertz CT molecular complexity index is 299. The number of aromatic nitrogens is 1. The van der Waals surface area contributed by atoms with E-state index in [1.54, 1.807) is 19.3 Å². The molecule has 1 atom stereocenters. The number of nitrogens with zero attached hydrogens (tertiary/aromatic N) is 2. The molecule has 76 valence electrons. The number of carbonyl (C=O) groups is 1. The number of carbonyl (C=O) groups excluding carboxylic acids is 1. The number of rotatable bonds is 3. The summed E-state index contributed by atoms with van der Waals surface area (Å²) in [6.07, 6.45) is 1.66. The molecule has 1 heterocycles. The quantitative estimate of drug-likeness (QED) is 0.766. The molecule has 1 aromatic rings. The molecule has 14 heavy (non-hydrogen) atoms. The minimum atomic E-state index is -0.165. The van der Waals surface area contributed by atoms with E-state index in [0.29, 0.717) is 12.4 Å². The van der Waals surface area contributed by atoms with Gasteiger partial charge in [0.15, 0.2) is 0 Å². The van der Waals surface area contributed by atoms with Crippen molar-refractivity contribution in [1.29, 1.82) is 0 Å². The molecule has 1 aromatic heterocycles. The second-order valence-electron chi connectivity index (χ2n) is 3.22. The minimum Gasteiger partial charge on any atom is -0.330 e. The summed E-state index contributed by atoms with van der Waals surface area (Å²) in [5.74, 6) is 0.478. The molecule has 2 N–H and O–H groups in total. The van der Waals surface area contributed by atoms with Gasteiger partial charge in [-0.3, -0.25) is 9.69 Å². The van der Waals surface area contributed by atoms with Crippen molar-refractivity contribution in [2.45, 2.75) is 6.92 Å². The van der Waals surface area contributed by atoms with Gasteiger partial charge in [-0.1, -0.05) is 13.0 Å². The number of pyridine rings is 1. The lowest BCUT2D eigenvalue weighted by molar-refractivity contribution is -0.121. The van der Waals surface area contributed by atoms with Crippen LogP contribution in [0.3, 0.4) is 0 Å². The third kappa shape index (κ3) is 2.29. The first-order chi connectivity index (χ1) is 6.66. The van der Waals surface area contributed by atoms with Gasteiger partial charge in [-0.05, 0) is 12.1 Å². The van der Waals surface area contributed by atoms with Gasteiger partial charge in [0.2, 0.25) is 5.91 Å². The van der Waals surface area contributed by atoms with E-state index in [2.05, 4.69) is 4.98 Å². The topological polar surface area (TPSA) is 59.2 Å². The molecule has 0 bridgehead atoms. The van der Waals surface area contributed by atoms with Gasteiger partial charge in [0.1, 0.15) is 5.82 Å². The van der Waals surface area contributed by atoms with Crippen molar-refractivity contribution in [2.24, 2.45) is 11.7 Å². The largest absolute Gasteiger partial charge is 0.330 e. The lowest BCUT2D eigenvalue weighted by Gasteiger charge is -2.19. The van der Waals surface area contributed by atoms with Crippen LogP contribution in [0.4, 0.5) is 5.82 Å². The van der Waals surface area contributed by atoms with Crippen LogP contribution in [0.25, 0.3) is 0 Å². The molecule has 4 heteroatoms. The third-order valence-electron chi connectivity index (χ3n) is 2.10. The van der Waals surface area contributed by atoms with Crippen LogP contribution in [0.15, 0.2) is 24.4 Å². The lowest BCUT2D eigenvalue weighted by Crippen LogP contribution is -2.35. The summed E-state index contributed by atoms with van der Waals surface area (Å²) in [6.45, 7) is 2.16. The van der Waals surface area contributed by atoms with Crippen LogP contribution in [-0.4, -0.2) is 24.5 Å². The zero-order valence-electron chi connectivity index (χ0n) is 8.47. The molecule has 1 amide bonds. The highest BCUT2D eigenvalue weighted by molar-refractivity contribution is 5.93. The highest BCUT2D eigenvalue weighted by atomic mass is 16.2. The Morgan fingerprint density at radius 2 is 2.36 bits per heavy atom. The Morgan fingerprint density at radius 3 is 2.86 bits per heavy atom. The maximum atomic E-state index is 11.7. The standard InChI is InChI=1S/C10H15N3O/c1-8(7-11)10(14)13(2)9-5-3-4-6-12-9/h3-6,8H,7,11H2,1-2H3. The first-order valence-corrected chi connectivity index (χ1v) is 4.55. The number of hydrogen-bond donors (Lipinski definition) is 1. The fourth-order valence-corrected chi connectivity index (χ4v) is 1.10. The smallest absolute Gasteiger partial charge is 0.231 e. The monoisotopic (exact) mass is 193 g/mol. The highest BCUT2D eigenvalue weighted by Crippen LogP contribution is 2.09. The first kappa shape index (κ1) is 10.7. The SMILES string of the molecule is CC(CN)C(=O)N(C)c1ccccn1. The van der Waals surface area contributed by atoms with E-state index in [4.69, 9.17) is 5.73 Å². The number of nitrogens with two attached hydrogens (primary N) is 1. The average molecular weight is 193 g/mol. The number of anilines is 1. The Labute approximate surface area is 83.7 Å². The normalized spacial score (nSPS) is 12.2. The van der Waals surface area contributed by atoms with Crippen molar-refractivity contribution < 1.29 is 4.79 Å². The van der Waals surface area contributed by atoms with Crippen molar-refractivity contribution >= 4 is 11.7 Å². The Hall–Kier alpha value is -1.42. The minimum absolute atomic E-state index is 0.00815. The lowest BCUT2D eigenvalue weighted by atomic mass is 10.1. The predicted molar refractivity (Wildman–Crippen MR) is 55.9 cm³/mol. The summed E-state index contributed by atoms with van der Waals surface area (Å²) in [5, 5.41) is 0. The van der Waals surface area contributed by atoms with Gasteiger partial charge in [0, 0.05) is 25.7 Å². The summed E-state index contributed by atoms with van der Waals surface area (Å²) >= 11 is 0. The zero-order valence-corrected chi connectivity index (χ0v) is 8.47. The van der Waals surface area contributed by atoms with Crippen LogP contribution in [0, 0.1) is 5.92 Å². The van der Waals surface area contributed by atoms with E-state index in [0.717, 1.165) is 0 Å². The average Bonchev–Trinajstić information content (AvgIpc) is 2.27. The molecule has 0 radical (unpaired) electrons. The fourth-order valence-electron chi connectivity index (χ4n) is 1.10. The highest BCUT2D eigenvalue weighted by Gasteiger charge is 2.17. The molecule has 1 rings (SSSR count). The Morgan fingerprint density at radius 1 is 1.64 bits per heavy atom. The van der Waals surface area contributed by atoms with Gasteiger partial charge in [-0.2, -0.15) is 0 Å². The first-order valence-electron chi connectivity index (χ1n) is 4.55. The van der Waals surface area contributed by atoms with Crippen LogP contribution in [0.2, 0.25) is 0 Å². The van der Waals surface area contributed by atoms with Crippen molar-refractivity contribution in [2.75, 3.05) is 18.5 Å². The van der Waals surface area contributed by atoms with Crippen molar-refractivity contribution in [3.63, 3.8) is 0 Å². The van der Waals surface area contributed by atoms with Gasteiger partial charge in [-0.15, -0.1) is 0 Å². The van der Waals surface area contributed by atoms with Crippen LogP contribution < -0.4 is 10.6 Å². The van der Waals surface area contributed by atoms with Gasteiger partial charge in [-0.25, -0.2) is 4.98 Å². The molecule has 0 aromatic carbocycles. The van der Waals surface area contributed by atoms with Gasteiger partial charge < -0.3 is 5.73 Å². The second-order valence-corrected chi connectivity index (χ2v) is 3.22. The van der Waals surface area contributed by atoms with Crippen molar-refractivity contribution in [1.82, 2.24) is 4.98 Å². The molecular formula is C10H15N3O. The van der Waals surface area contributed by atoms with Crippen molar-refractivity contribution in [3.05, 3.63) is 24.4 Å². The predicted octanol–water partition coefficient (Wildman–Crippen LogP) is 0.639. The van der Waals surface area contributed by atoms with Gasteiger partial charge in [0.05, 0.1) is 0 Å². The van der Waals surface area contributed by atoms with Gasteiger partial charge >= 0.3 is 0 Å². The summed E-state index contributed by atoms with van der Waals surface area (Å²) in [6, 6.07) is 5.45. The van der Waals surface area contributed by atoms with E-state index in [9.17, 15) is 4.79 Å². The third-order valence-corrected chi connectivity index (χ3v) is 2.10. The summed E-state index contributed by atoms with van der Waals surface area (Å²) < 4.78 is 0. The number of amides is 1. The Balaban J connectivity index is 2.76. The summed E-state index contributed by atoms with van der Waals surface area (Å²) in [4.78, 5) is 17.3. The number of hydrogen-bond acceptors (Lipinski definition) is 3. The molecule has 0 saturated heterocycles. The Kier molecular flexibility index (Phi) is 3.59. The van der Waals surface area contributed by atoms with E-state index < -0.39 is 0 Å². The summed E-state index contributed by atoms with van der Waals surface area (Å²) in [7, 11) is 1.71. The molecule has 0 aliphatic rings. The molecule has 4 nitrogen and oxygen atoms in total. The van der Waals surface area contributed by atoms with Crippen LogP contribution in [-0.2, 0) is 4.79 Å².